The van der Waals surface area contributed by atoms with Crippen LogP contribution >= 0.6 is 11.8 Å². The second-order valence-electron chi connectivity index (χ2n) is 7.44. The lowest BCUT2D eigenvalue weighted by Crippen LogP contribution is -2.25. The number of carbonyl (C=O) groups excluding carboxylic acids is 2. The van der Waals surface area contributed by atoms with Crippen LogP contribution in [-0.2, 0) is 17.0 Å². The summed E-state index contributed by atoms with van der Waals surface area (Å²) in [5.74, 6) is 1.60. The van der Waals surface area contributed by atoms with E-state index >= 15 is 0 Å². The van der Waals surface area contributed by atoms with Crippen LogP contribution in [0.3, 0.4) is 0 Å². The predicted molar refractivity (Wildman–Crippen MR) is 133 cm³/mol. The largest absolute Gasteiger partial charge is 0.493 e. The molecule has 0 unspecified atom stereocenters. The van der Waals surface area contributed by atoms with Crippen molar-refractivity contribution in [3.05, 3.63) is 89.2 Å². The van der Waals surface area contributed by atoms with Crippen LogP contribution in [0.2, 0.25) is 0 Å². The van der Waals surface area contributed by atoms with E-state index in [0.717, 1.165) is 11.1 Å². The average Bonchev–Trinajstić information content (AvgIpc) is 2.85. The van der Waals surface area contributed by atoms with Gasteiger partial charge in [0.05, 0.1) is 20.0 Å². The van der Waals surface area contributed by atoms with Crippen LogP contribution in [0, 0.1) is 5.82 Å². The van der Waals surface area contributed by atoms with E-state index in [9.17, 15) is 14.0 Å². The normalized spacial score (nSPS) is 10.4. The number of thioether (sulfide) groups is 1. The van der Waals surface area contributed by atoms with Gasteiger partial charge in [-0.05, 0) is 66.1 Å². The third kappa shape index (κ3) is 7.52. The Morgan fingerprint density at radius 2 is 1.56 bits per heavy atom. The van der Waals surface area contributed by atoms with Crippen molar-refractivity contribution in [3.8, 4) is 11.5 Å². The molecule has 0 radical (unpaired) electrons. The number of hydrogen-bond acceptors (Lipinski definition) is 5. The van der Waals surface area contributed by atoms with Crippen molar-refractivity contribution >= 4 is 29.3 Å². The van der Waals surface area contributed by atoms with E-state index in [-0.39, 0.29) is 23.4 Å². The molecule has 3 aromatic rings. The summed E-state index contributed by atoms with van der Waals surface area (Å²) in [6, 6.07) is 18.7. The van der Waals surface area contributed by atoms with Gasteiger partial charge in [-0.25, -0.2) is 4.39 Å². The summed E-state index contributed by atoms with van der Waals surface area (Å²) >= 11 is 1.46. The van der Waals surface area contributed by atoms with Gasteiger partial charge in [0.25, 0.3) is 5.91 Å². The third-order valence-electron chi connectivity index (χ3n) is 4.99. The Morgan fingerprint density at radius 1 is 0.882 bits per heavy atom. The first kappa shape index (κ1) is 25.1. The lowest BCUT2D eigenvalue weighted by atomic mass is 10.1. The number of methoxy groups -OCH3 is 2. The molecule has 0 saturated heterocycles. The number of carbonyl (C=O) groups is 2. The van der Waals surface area contributed by atoms with Crippen LogP contribution in [0.15, 0.2) is 66.7 Å². The lowest BCUT2D eigenvalue weighted by Gasteiger charge is -2.10. The molecule has 3 rings (SSSR count). The summed E-state index contributed by atoms with van der Waals surface area (Å²) < 4.78 is 23.5. The van der Waals surface area contributed by atoms with Gasteiger partial charge < -0.3 is 20.1 Å². The molecule has 0 aliphatic carbocycles. The average molecular weight is 483 g/mol. The SMILES string of the molecule is COc1ccc(CCNC(=O)c2ccc(CSCC(=O)Nc3ccc(F)cc3)cc2)cc1OC. The van der Waals surface area contributed by atoms with E-state index < -0.39 is 0 Å². The number of ether oxygens (including phenoxy) is 2. The molecule has 178 valence electrons. The highest BCUT2D eigenvalue weighted by Gasteiger charge is 2.08. The van der Waals surface area contributed by atoms with Crippen molar-refractivity contribution in [2.45, 2.75) is 12.2 Å². The Labute approximate surface area is 202 Å². The van der Waals surface area contributed by atoms with Crippen molar-refractivity contribution in [3.63, 3.8) is 0 Å². The Balaban J connectivity index is 1.40. The van der Waals surface area contributed by atoms with Gasteiger partial charge in [-0.15, -0.1) is 11.8 Å². The van der Waals surface area contributed by atoms with Crippen molar-refractivity contribution in [2.24, 2.45) is 0 Å². The first-order valence-electron chi connectivity index (χ1n) is 10.7. The first-order chi connectivity index (χ1) is 16.5. The first-order valence-corrected chi connectivity index (χ1v) is 11.8. The van der Waals surface area contributed by atoms with E-state index in [1.165, 1.54) is 36.0 Å². The molecule has 0 aliphatic rings. The van der Waals surface area contributed by atoms with Gasteiger partial charge in [-0.2, -0.15) is 0 Å². The summed E-state index contributed by atoms with van der Waals surface area (Å²) in [7, 11) is 3.18. The zero-order valence-electron chi connectivity index (χ0n) is 19.1. The van der Waals surface area contributed by atoms with Crippen LogP contribution in [-0.4, -0.2) is 38.3 Å². The van der Waals surface area contributed by atoms with Crippen LogP contribution in [0.4, 0.5) is 10.1 Å². The highest BCUT2D eigenvalue weighted by molar-refractivity contribution is 7.99. The predicted octanol–water partition coefficient (Wildman–Crippen LogP) is 4.69. The maximum atomic E-state index is 12.9. The van der Waals surface area contributed by atoms with Gasteiger partial charge >= 0.3 is 0 Å². The smallest absolute Gasteiger partial charge is 0.251 e. The monoisotopic (exact) mass is 482 g/mol. The van der Waals surface area contributed by atoms with Gasteiger partial charge in [0.1, 0.15) is 5.82 Å². The molecule has 0 fully saturated rings. The lowest BCUT2D eigenvalue weighted by molar-refractivity contribution is -0.113. The van der Waals surface area contributed by atoms with Crippen molar-refractivity contribution in [2.75, 3.05) is 31.8 Å². The van der Waals surface area contributed by atoms with Crippen molar-refractivity contribution in [1.82, 2.24) is 5.32 Å². The third-order valence-corrected chi connectivity index (χ3v) is 6.00. The molecule has 0 aromatic heterocycles. The van der Waals surface area contributed by atoms with Crippen LogP contribution in [0.25, 0.3) is 0 Å². The fourth-order valence-corrected chi connectivity index (χ4v) is 3.99. The molecule has 0 bridgehead atoms. The standard InChI is InChI=1S/C26H27FN2O4S/c1-32-23-12-5-18(15-24(23)33-2)13-14-28-26(31)20-6-3-19(4-7-20)16-34-17-25(30)29-22-10-8-21(27)9-11-22/h3-12,15H,13-14,16-17H2,1-2H3,(H,28,31)(H,29,30). The van der Waals surface area contributed by atoms with Crippen LogP contribution in [0.5, 0.6) is 11.5 Å². The molecule has 0 spiro atoms. The summed E-state index contributed by atoms with van der Waals surface area (Å²) in [4.78, 5) is 24.4. The summed E-state index contributed by atoms with van der Waals surface area (Å²) in [5.41, 5.74) is 3.19. The molecule has 2 N–H and O–H groups in total. The molecule has 0 saturated carbocycles. The number of hydrogen-bond donors (Lipinski definition) is 2. The van der Waals surface area contributed by atoms with Gasteiger partial charge in [0.2, 0.25) is 5.91 Å². The van der Waals surface area contributed by atoms with Crippen molar-refractivity contribution < 1.29 is 23.5 Å². The fraction of sp³-hybridized carbons (Fsp3) is 0.231. The van der Waals surface area contributed by atoms with E-state index in [1.54, 1.807) is 26.4 Å². The molecule has 3 aromatic carbocycles. The van der Waals surface area contributed by atoms with Gasteiger partial charge in [-0.3, -0.25) is 9.59 Å². The van der Waals surface area contributed by atoms with E-state index in [2.05, 4.69) is 10.6 Å². The highest BCUT2D eigenvalue weighted by atomic mass is 32.2. The molecule has 2 amide bonds. The maximum Gasteiger partial charge on any atom is 0.251 e. The zero-order valence-corrected chi connectivity index (χ0v) is 19.9. The van der Waals surface area contributed by atoms with Crippen LogP contribution < -0.4 is 20.1 Å². The molecule has 6 nitrogen and oxygen atoms in total. The fourth-order valence-electron chi connectivity index (χ4n) is 3.20. The second-order valence-corrected chi connectivity index (χ2v) is 8.43. The van der Waals surface area contributed by atoms with Gasteiger partial charge in [0.15, 0.2) is 11.5 Å². The summed E-state index contributed by atoms with van der Waals surface area (Å²) in [6.45, 7) is 0.495. The number of rotatable bonds is 11. The molecular formula is C26H27FN2O4S. The highest BCUT2D eigenvalue weighted by Crippen LogP contribution is 2.27. The van der Waals surface area contributed by atoms with Gasteiger partial charge in [-0.1, -0.05) is 18.2 Å². The Kier molecular flexibility index (Phi) is 9.34. The van der Waals surface area contributed by atoms with E-state index in [1.807, 2.05) is 30.3 Å². The minimum Gasteiger partial charge on any atom is -0.493 e. The number of halogens is 1. The summed E-state index contributed by atoms with van der Waals surface area (Å²) in [5, 5.41) is 5.66. The summed E-state index contributed by atoms with van der Waals surface area (Å²) in [6.07, 6.45) is 0.667. The molecule has 0 aliphatic heterocycles. The molecule has 8 heteroatoms. The topological polar surface area (TPSA) is 76.7 Å². The maximum absolute atomic E-state index is 12.9. The number of benzene rings is 3. The molecular weight excluding hydrogens is 455 g/mol. The molecule has 0 atom stereocenters. The van der Waals surface area contributed by atoms with E-state index in [4.69, 9.17) is 9.47 Å². The van der Waals surface area contributed by atoms with Gasteiger partial charge in [0, 0.05) is 23.5 Å². The molecule has 34 heavy (non-hydrogen) atoms. The quantitative estimate of drug-likeness (QED) is 0.415. The zero-order chi connectivity index (χ0) is 24.3. The van der Waals surface area contributed by atoms with Crippen LogP contribution in [0.1, 0.15) is 21.5 Å². The number of amides is 2. The Morgan fingerprint density at radius 3 is 2.24 bits per heavy atom. The Hall–Kier alpha value is -3.52. The number of nitrogens with one attached hydrogen (secondary N) is 2. The minimum atomic E-state index is -0.345. The second kappa shape index (κ2) is 12.6. The molecule has 0 heterocycles. The van der Waals surface area contributed by atoms with E-state index in [0.29, 0.717) is 41.5 Å². The minimum absolute atomic E-state index is 0.140. The van der Waals surface area contributed by atoms with Crippen molar-refractivity contribution in [1.29, 1.82) is 0 Å². The number of anilines is 1. The Bertz CT molecular complexity index is 1100.